The molecule has 2 aliphatic heterocycles. The van der Waals surface area contributed by atoms with Crippen LogP contribution in [0.15, 0.2) is 54.9 Å². The summed E-state index contributed by atoms with van der Waals surface area (Å²) in [5.41, 5.74) is 1.63. The number of imide groups is 1. The van der Waals surface area contributed by atoms with Gasteiger partial charge >= 0.3 is 0 Å². The average molecular weight is 444 g/mol. The summed E-state index contributed by atoms with van der Waals surface area (Å²) in [6.45, 7) is -0.0856. The third kappa shape index (κ3) is 3.89. The first-order valence-electron chi connectivity index (χ1n) is 10.5. The first kappa shape index (κ1) is 20.6. The molecule has 9 nitrogen and oxygen atoms in total. The third-order valence-electron chi connectivity index (χ3n) is 5.84. The molecule has 1 saturated heterocycles. The van der Waals surface area contributed by atoms with Crippen molar-refractivity contribution in [2.75, 3.05) is 11.9 Å². The number of pyridine rings is 1. The Hall–Kier alpha value is -4.27. The standard InChI is InChI=1S/C24H20N4O5/c29-21-9-8-19(23(31)27-21)28-12-17-16(24(28)32)6-3-7-20(17)33-13-22(30)26-18-11-25-10-14-4-1-2-5-15(14)18/h1-7,10-11,19H,8-9,12-13H2,(H,26,30)(H,27,29,31). The van der Waals surface area contributed by atoms with Crippen molar-refractivity contribution >= 4 is 40.1 Å². The van der Waals surface area contributed by atoms with Crippen molar-refractivity contribution in [1.82, 2.24) is 15.2 Å². The molecule has 3 heterocycles. The van der Waals surface area contributed by atoms with E-state index in [0.717, 1.165) is 10.8 Å². The molecule has 33 heavy (non-hydrogen) atoms. The smallest absolute Gasteiger partial charge is 0.262 e. The highest BCUT2D eigenvalue weighted by Crippen LogP contribution is 2.33. The van der Waals surface area contributed by atoms with Crippen LogP contribution < -0.4 is 15.4 Å². The van der Waals surface area contributed by atoms with Crippen molar-refractivity contribution in [3.63, 3.8) is 0 Å². The largest absolute Gasteiger partial charge is 0.483 e. The van der Waals surface area contributed by atoms with Gasteiger partial charge in [-0.05, 0) is 18.6 Å². The van der Waals surface area contributed by atoms with Gasteiger partial charge in [0, 0.05) is 34.5 Å². The van der Waals surface area contributed by atoms with E-state index in [1.54, 1.807) is 30.6 Å². The number of benzene rings is 2. The molecule has 2 aliphatic rings. The number of anilines is 1. The Balaban J connectivity index is 1.29. The van der Waals surface area contributed by atoms with E-state index in [2.05, 4.69) is 15.6 Å². The molecule has 0 saturated carbocycles. The maximum Gasteiger partial charge on any atom is 0.262 e. The van der Waals surface area contributed by atoms with Crippen LogP contribution in [0.2, 0.25) is 0 Å². The molecular formula is C24H20N4O5. The van der Waals surface area contributed by atoms with Gasteiger partial charge in [0.05, 0.1) is 18.4 Å². The van der Waals surface area contributed by atoms with Gasteiger partial charge in [-0.25, -0.2) is 0 Å². The Kier molecular flexibility index (Phi) is 5.21. The van der Waals surface area contributed by atoms with Gasteiger partial charge in [0.15, 0.2) is 6.61 Å². The van der Waals surface area contributed by atoms with Crippen molar-refractivity contribution in [2.45, 2.75) is 25.4 Å². The quantitative estimate of drug-likeness (QED) is 0.582. The van der Waals surface area contributed by atoms with Gasteiger partial charge in [-0.15, -0.1) is 0 Å². The number of hydrogen-bond donors (Lipinski definition) is 2. The van der Waals surface area contributed by atoms with E-state index >= 15 is 0 Å². The number of piperidine rings is 1. The number of rotatable bonds is 5. The predicted octanol–water partition coefficient (Wildman–Crippen LogP) is 2.01. The highest BCUT2D eigenvalue weighted by atomic mass is 16.5. The maximum absolute atomic E-state index is 12.9. The minimum atomic E-state index is -0.711. The minimum absolute atomic E-state index is 0.172. The molecule has 1 fully saturated rings. The van der Waals surface area contributed by atoms with Crippen LogP contribution in [0.3, 0.4) is 0 Å². The first-order valence-corrected chi connectivity index (χ1v) is 10.5. The fourth-order valence-electron chi connectivity index (χ4n) is 4.24. The zero-order chi connectivity index (χ0) is 22.9. The van der Waals surface area contributed by atoms with Crippen LogP contribution in [0.25, 0.3) is 10.8 Å². The van der Waals surface area contributed by atoms with Crippen molar-refractivity contribution in [3.8, 4) is 5.75 Å². The van der Waals surface area contributed by atoms with Crippen molar-refractivity contribution in [1.29, 1.82) is 0 Å². The number of amides is 4. The lowest BCUT2D eigenvalue weighted by Gasteiger charge is -2.29. The van der Waals surface area contributed by atoms with Gasteiger partial charge in [0.25, 0.3) is 11.8 Å². The second-order valence-corrected chi connectivity index (χ2v) is 7.93. The van der Waals surface area contributed by atoms with Gasteiger partial charge in [-0.2, -0.15) is 0 Å². The number of nitrogens with zero attached hydrogens (tertiary/aromatic N) is 2. The van der Waals surface area contributed by atoms with Crippen LogP contribution in [0.4, 0.5) is 5.69 Å². The molecule has 3 aromatic rings. The van der Waals surface area contributed by atoms with Crippen LogP contribution in [-0.4, -0.2) is 46.2 Å². The van der Waals surface area contributed by atoms with Gasteiger partial charge in [-0.3, -0.25) is 29.5 Å². The highest BCUT2D eigenvalue weighted by Gasteiger charge is 2.40. The number of carbonyl (C=O) groups excluding carboxylic acids is 4. The van der Waals surface area contributed by atoms with Gasteiger partial charge in [-0.1, -0.05) is 30.3 Å². The molecule has 1 aromatic heterocycles. The van der Waals surface area contributed by atoms with Crippen molar-refractivity contribution < 1.29 is 23.9 Å². The number of aromatic nitrogens is 1. The summed E-state index contributed by atoms with van der Waals surface area (Å²) < 4.78 is 5.76. The molecule has 9 heteroatoms. The Morgan fingerprint density at radius 3 is 2.82 bits per heavy atom. The SMILES string of the molecule is O=C1CCC(N2Cc3c(OCC(=O)Nc4cncc5ccccc45)cccc3C2=O)C(=O)N1. The summed E-state index contributed by atoms with van der Waals surface area (Å²) in [6.07, 6.45) is 3.77. The van der Waals surface area contributed by atoms with Crippen molar-refractivity contribution in [3.05, 3.63) is 66.0 Å². The van der Waals surface area contributed by atoms with E-state index in [1.165, 1.54) is 4.90 Å². The molecule has 2 N–H and O–H groups in total. The Bertz CT molecular complexity index is 1300. The molecule has 5 rings (SSSR count). The summed E-state index contributed by atoms with van der Waals surface area (Å²) in [6, 6.07) is 11.9. The van der Waals surface area contributed by atoms with E-state index < -0.39 is 11.9 Å². The molecule has 1 unspecified atom stereocenters. The number of ether oxygens (including phenoxy) is 1. The Labute approximate surface area is 188 Å². The monoisotopic (exact) mass is 444 g/mol. The van der Waals surface area contributed by atoms with E-state index in [0.29, 0.717) is 22.6 Å². The lowest BCUT2D eigenvalue weighted by Crippen LogP contribution is -2.52. The lowest BCUT2D eigenvalue weighted by atomic mass is 10.0. The highest BCUT2D eigenvalue weighted by molar-refractivity contribution is 6.06. The topological polar surface area (TPSA) is 118 Å². The lowest BCUT2D eigenvalue weighted by molar-refractivity contribution is -0.137. The maximum atomic E-state index is 12.9. The van der Waals surface area contributed by atoms with E-state index in [1.807, 2.05) is 24.3 Å². The molecule has 1 atom stereocenters. The Morgan fingerprint density at radius 1 is 1.12 bits per heavy atom. The number of fused-ring (bicyclic) bond motifs is 2. The molecule has 2 aromatic carbocycles. The average Bonchev–Trinajstić information content (AvgIpc) is 3.15. The second kappa shape index (κ2) is 8.34. The summed E-state index contributed by atoms with van der Waals surface area (Å²) in [7, 11) is 0. The number of nitrogens with one attached hydrogen (secondary N) is 2. The number of carbonyl (C=O) groups is 4. The van der Waals surface area contributed by atoms with E-state index in [-0.39, 0.29) is 43.7 Å². The van der Waals surface area contributed by atoms with E-state index in [4.69, 9.17) is 4.74 Å². The van der Waals surface area contributed by atoms with Crippen molar-refractivity contribution in [2.24, 2.45) is 0 Å². The summed E-state index contributed by atoms with van der Waals surface area (Å²) in [4.78, 5) is 54.7. The molecule has 0 spiro atoms. The van der Waals surface area contributed by atoms with E-state index in [9.17, 15) is 19.2 Å². The molecule has 4 amide bonds. The van der Waals surface area contributed by atoms with Gasteiger partial charge < -0.3 is 15.0 Å². The van der Waals surface area contributed by atoms with Crippen LogP contribution >= 0.6 is 0 Å². The summed E-state index contributed by atoms with van der Waals surface area (Å²) in [5, 5.41) is 6.87. The Morgan fingerprint density at radius 2 is 1.97 bits per heavy atom. The van der Waals surface area contributed by atoms with Gasteiger partial charge in [0.2, 0.25) is 11.8 Å². The normalized spacial score (nSPS) is 17.6. The van der Waals surface area contributed by atoms with Crippen LogP contribution in [-0.2, 0) is 20.9 Å². The zero-order valence-corrected chi connectivity index (χ0v) is 17.5. The molecule has 166 valence electrons. The molecule has 0 aliphatic carbocycles. The molecule has 0 radical (unpaired) electrons. The summed E-state index contributed by atoms with van der Waals surface area (Å²) in [5.74, 6) is -1.06. The van der Waals surface area contributed by atoms with Crippen LogP contribution in [0.1, 0.15) is 28.8 Å². The van der Waals surface area contributed by atoms with Gasteiger partial charge in [0.1, 0.15) is 11.8 Å². The third-order valence-corrected chi connectivity index (χ3v) is 5.84. The molecular weight excluding hydrogens is 424 g/mol. The number of hydrogen-bond acceptors (Lipinski definition) is 6. The zero-order valence-electron chi connectivity index (χ0n) is 17.5. The summed E-state index contributed by atoms with van der Waals surface area (Å²) >= 11 is 0. The molecule has 0 bridgehead atoms. The fraction of sp³-hybridized carbons (Fsp3) is 0.208. The van der Waals surface area contributed by atoms with Crippen LogP contribution in [0, 0.1) is 0 Å². The minimum Gasteiger partial charge on any atom is -0.483 e. The van der Waals surface area contributed by atoms with Crippen LogP contribution in [0.5, 0.6) is 5.75 Å². The first-order chi connectivity index (χ1) is 16.0. The second-order valence-electron chi connectivity index (χ2n) is 7.93. The fourth-order valence-corrected chi connectivity index (χ4v) is 4.24. The predicted molar refractivity (Wildman–Crippen MR) is 118 cm³/mol.